The molecule has 0 saturated carbocycles. The van der Waals surface area contributed by atoms with E-state index in [4.69, 9.17) is 11.5 Å². The van der Waals surface area contributed by atoms with Gasteiger partial charge in [0.15, 0.2) is 0 Å². The van der Waals surface area contributed by atoms with E-state index in [1.54, 1.807) is 0 Å². The van der Waals surface area contributed by atoms with Crippen LogP contribution in [0.3, 0.4) is 0 Å². The van der Waals surface area contributed by atoms with Gasteiger partial charge in [0, 0.05) is 33.5 Å². The maximum absolute atomic E-state index is 6.05. The summed E-state index contributed by atoms with van der Waals surface area (Å²) >= 11 is 0. The van der Waals surface area contributed by atoms with Crippen molar-refractivity contribution in [2.24, 2.45) is 0 Å². The molecule has 2 heterocycles. The normalized spacial score (nSPS) is 11.1. The third-order valence-electron chi connectivity index (χ3n) is 6.08. The molecule has 0 fully saturated rings. The predicted octanol–water partition coefficient (Wildman–Crippen LogP) is 6.11. The summed E-state index contributed by atoms with van der Waals surface area (Å²) in [5, 5.41) is 2.43. The number of nitrogens with two attached hydrogens (primary N) is 2. The van der Waals surface area contributed by atoms with Crippen molar-refractivity contribution in [3.8, 4) is 0 Å². The second kappa shape index (κ2) is 8.24. The minimum Gasteiger partial charge on any atom is -0.398 e. The predicted molar refractivity (Wildman–Crippen MR) is 128 cm³/mol. The third kappa shape index (κ3) is 3.59. The zero-order valence-electron chi connectivity index (χ0n) is 18.6. The minimum atomic E-state index is 0.874. The molecule has 4 aromatic rings. The van der Waals surface area contributed by atoms with Gasteiger partial charge in [-0.15, -0.1) is 0 Å². The number of rotatable bonds is 3. The highest BCUT2D eigenvalue weighted by Crippen LogP contribution is 2.31. The number of aryl methyl sites for hydroxylation is 6. The molecule has 0 bridgehead atoms. The number of nitrogen functional groups attached to an aromatic ring is 2. The molecule has 2 aromatic heterocycles. The fraction of sp³-hybridized carbons (Fsp3) is 0.360. The summed E-state index contributed by atoms with van der Waals surface area (Å²) in [6, 6.07) is 8.25. The lowest BCUT2D eigenvalue weighted by atomic mass is 10.0. The Labute approximate surface area is 173 Å². The lowest BCUT2D eigenvalue weighted by Gasteiger charge is -2.03. The Hall–Kier alpha value is -2.88. The molecule has 2 aromatic carbocycles. The first-order valence-corrected chi connectivity index (χ1v) is 10.6. The maximum atomic E-state index is 6.05. The molecule has 0 amide bonds. The van der Waals surface area contributed by atoms with Crippen LogP contribution < -0.4 is 11.5 Å². The summed E-state index contributed by atoms with van der Waals surface area (Å²) in [4.78, 5) is 6.87. The van der Waals surface area contributed by atoms with Crippen LogP contribution in [0, 0.1) is 20.8 Å². The van der Waals surface area contributed by atoms with Crippen molar-refractivity contribution in [3.05, 3.63) is 57.9 Å². The highest BCUT2D eigenvalue weighted by Gasteiger charge is 2.12. The molecule has 0 atom stereocenters. The second-order valence-electron chi connectivity index (χ2n) is 7.79. The number of nitrogens with one attached hydrogen (secondary N) is 2. The Bertz CT molecular complexity index is 1160. The second-order valence-corrected chi connectivity index (χ2v) is 7.79. The summed E-state index contributed by atoms with van der Waals surface area (Å²) in [7, 11) is 0. The summed E-state index contributed by atoms with van der Waals surface area (Å²) in [5.74, 6) is 0. The first kappa shape index (κ1) is 20.8. The van der Waals surface area contributed by atoms with Crippen LogP contribution in [0.5, 0.6) is 0 Å². The number of aromatic amines is 2. The van der Waals surface area contributed by atoms with Crippen molar-refractivity contribution >= 4 is 33.2 Å². The molecule has 0 spiro atoms. The number of aromatic nitrogens is 2. The van der Waals surface area contributed by atoms with E-state index in [2.05, 4.69) is 63.6 Å². The van der Waals surface area contributed by atoms with Crippen LogP contribution in [0.2, 0.25) is 0 Å². The monoisotopic (exact) mass is 390 g/mol. The number of hydrogen-bond donors (Lipinski definition) is 4. The van der Waals surface area contributed by atoms with Gasteiger partial charge < -0.3 is 21.4 Å². The lowest BCUT2D eigenvalue weighted by Crippen LogP contribution is -1.91. The van der Waals surface area contributed by atoms with E-state index < -0.39 is 0 Å². The van der Waals surface area contributed by atoms with Crippen LogP contribution in [0.4, 0.5) is 11.4 Å². The zero-order valence-corrected chi connectivity index (χ0v) is 18.6. The Morgan fingerprint density at radius 3 is 1.66 bits per heavy atom. The van der Waals surface area contributed by atoms with Gasteiger partial charge in [-0.2, -0.15) is 0 Å². The minimum absolute atomic E-state index is 0.874. The van der Waals surface area contributed by atoms with Gasteiger partial charge in [-0.25, -0.2) is 0 Å². The average molecular weight is 391 g/mol. The number of anilines is 2. The van der Waals surface area contributed by atoms with Crippen LogP contribution in [-0.4, -0.2) is 9.97 Å². The van der Waals surface area contributed by atoms with Crippen LogP contribution in [-0.2, 0) is 19.3 Å². The summed E-state index contributed by atoms with van der Waals surface area (Å²) in [6.45, 7) is 12.8. The van der Waals surface area contributed by atoms with Gasteiger partial charge in [-0.3, -0.25) is 0 Å². The summed E-state index contributed by atoms with van der Waals surface area (Å²) in [6.07, 6.45) is 3.11. The number of fused-ring (bicyclic) bond motifs is 2. The molecular formula is C25H34N4. The molecule has 4 rings (SSSR count). The van der Waals surface area contributed by atoms with E-state index in [1.165, 1.54) is 55.4 Å². The SMILES string of the molecule is CCc1ccc(N)c2c(C)c(C)[nH]c12.CCc1ccc(N)c2c(CC)c(C)[nH]c12. The van der Waals surface area contributed by atoms with Crippen LogP contribution in [0.15, 0.2) is 24.3 Å². The fourth-order valence-corrected chi connectivity index (χ4v) is 4.29. The summed E-state index contributed by atoms with van der Waals surface area (Å²) < 4.78 is 0. The fourth-order valence-electron chi connectivity index (χ4n) is 4.29. The van der Waals surface area contributed by atoms with Crippen molar-refractivity contribution in [1.29, 1.82) is 0 Å². The largest absolute Gasteiger partial charge is 0.398 e. The molecule has 154 valence electrons. The molecule has 6 N–H and O–H groups in total. The lowest BCUT2D eigenvalue weighted by molar-refractivity contribution is 1.10. The van der Waals surface area contributed by atoms with E-state index in [0.717, 1.165) is 30.6 Å². The smallest absolute Gasteiger partial charge is 0.0512 e. The van der Waals surface area contributed by atoms with E-state index in [1.807, 2.05) is 12.1 Å². The topological polar surface area (TPSA) is 83.6 Å². The van der Waals surface area contributed by atoms with Crippen LogP contribution >= 0.6 is 0 Å². The molecule has 0 saturated heterocycles. The Morgan fingerprint density at radius 1 is 0.655 bits per heavy atom. The quantitative estimate of drug-likeness (QED) is 0.318. The molecule has 0 aliphatic rings. The van der Waals surface area contributed by atoms with E-state index in [-0.39, 0.29) is 0 Å². The van der Waals surface area contributed by atoms with Gasteiger partial charge >= 0.3 is 0 Å². The average Bonchev–Trinajstić information content (AvgIpc) is 3.20. The van der Waals surface area contributed by atoms with Gasteiger partial charge in [0.2, 0.25) is 0 Å². The first-order valence-electron chi connectivity index (χ1n) is 10.6. The Morgan fingerprint density at radius 2 is 1.14 bits per heavy atom. The van der Waals surface area contributed by atoms with Crippen molar-refractivity contribution in [2.75, 3.05) is 11.5 Å². The van der Waals surface area contributed by atoms with Gasteiger partial charge in [0.05, 0.1) is 11.0 Å². The molecule has 0 aliphatic heterocycles. The van der Waals surface area contributed by atoms with Crippen molar-refractivity contribution < 1.29 is 0 Å². The molecule has 4 nitrogen and oxygen atoms in total. The van der Waals surface area contributed by atoms with Crippen molar-refractivity contribution in [1.82, 2.24) is 9.97 Å². The Balaban J connectivity index is 0.000000166. The molecule has 0 aliphatic carbocycles. The van der Waals surface area contributed by atoms with Crippen LogP contribution in [0.1, 0.15) is 54.4 Å². The zero-order chi connectivity index (χ0) is 21.3. The van der Waals surface area contributed by atoms with Crippen molar-refractivity contribution in [3.63, 3.8) is 0 Å². The van der Waals surface area contributed by atoms with Gasteiger partial charge in [-0.05, 0) is 74.4 Å². The highest BCUT2D eigenvalue weighted by molar-refractivity contribution is 5.97. The molecule has 29 heavy (non-hydrogen) atoms. The number of H-pyrrole nitrogens is 2. The van der Waals surface area contributed by atoms with E-state index in [0.29, 0.717) is 0 Å². The first-order chi connectivity index (χ1) is 13.8. The highest BCUT2D eigenvalue weighted by atomic mass is 14.7. The standard InChI is InChI=1S/C13H18N2.C12H16N2/c1-4-9-6-7-11(14)12-10(5-2)8(3)15-13(9)12;1-4-9-5-6-10(13)11-7(2)8(3)14-12(9)11/h6-7,15H,4-5,14H2,1-3H3;5-6,14H,4,13H2,1-3H3. The van der Waals surface area contributed by atoms with E-state index in [9.17, 15) is 0 Å². The maximum Gasteiger partial charge on any atom is 0.0512 e. The molecule has 4 heteroatoms. The van der Waals surface area contributed by atoms with Crippen molar-refractivity contribution in [2.45, 2.75) is 60.8 Å². The van der Waals surface area contributed by atoms with Crippen LogP contribution in [0.25, 0.3) is 21.8 Å². The van der Waals surface area contributed by atoms with Gasteiger partial charge in [0.1, 0.15) is 0 Å². The van der Waals surface area contributed by atoms with Gasteiger partial charge in [-0.1, -0.05) is 32.9 Å². The summed E-state index contributed by atoms with van der Waals surface area (Å²) in [5.41, 5.74) is 24.0. The third-order valence-corrected chi connectivity index (χ3v) is 6.08. The van der Waals surface area contributed by atoms with E-state index >= 15 is 0 Å². The molecule has 0 unspecified atom stereocenters. The Kier molecular flexibility index (Phi) is 5.92. The number of hydrogen-bond acceptors (Lipinski definition) is 2. The number of benzene rings is 2. The molecule has 0 radical (unpaired) electrons. The van der Waals surface area contributed by atoms with Gasteiger partial charge in [0.25, 0.3) is 0 Å². The molecular weight excluding hydrogens is 356 g/mol.